The van der Waals surface area contributed by atoms with Gasteiger partial charge in [0, 0.05) is 11.6 Å². The Morgan fingerprint density at radius 1 is 1.50 bits per heavy atom. The zero-order valence-corrected chi connectivity index (χ0v) is 9.05. The number of aromatic nitrogens is 1. The van der Waals surface area contributed by atoms with Crippen LogP contribution in [0.1, 0.15) is 5.56 Å². The predicted molar refractivity (Wildman–Crippen MR) is 51.4 cm³/mol. The summed E-state index contributed by atoms with van der Waals surface area (Å²) in [6.07, 6.45) is -0.607. The molecule has 2 unspecified atom stereocenters. The second-order valence-electron chi connectivity index (χ2n) is 3.53. The first-order valence-corrected chi connectivity index (χ1v) is 4.80. The Balaban J connectivity index is 3.35. The highest BCUT2D eigenvalue weighted by molar-refractivity contribution is 5.82. The molecular formula is C10H11NO7. The summed E-state index contributed by atoms with van der Waals surface area (Å²) in [5, 5.41) is 47.5. The van der Waals surface area contributed by atoms with E-state index in [1.807, 2.05) is 0 Å². The zero-order chi connectivity index (χ0) is 13.9. The largest absolute Gasteiger partial charge is 0.541 e. The topological polar surface area (TPSA) is 142 Å². The third kappa shape index (κ3) is 2.30. The summed E-state index contributed by atoms with van der Waals surface area (Å²) in [4.78, 5) is 21.5. The second-order valence-corrected chi connectivity index (χ2v) is 3.53. The number of carbonyl (C=O) groups excluding carboxylic acids is 1. The molecule has 0 amide bonds. The van der Waals surface area contributed by atoms with E-state index in [1.165, 1.54) is 12.1 Å². The van der Waals surface area contributed by atoms with Crippen molar-refractivity contribution in [2.75, 3.05) is 0 Å². The molecule has 1 rings (SSSR count). The Bertz CT molecular complexity index is 475. The van der Waals surface area contributed by atoms with Gasteiger partial charge in [-0.15, -0.1) is 0 Å². The Morgan fingerprint density at radius 2 is 2.11 bits per heavy atom. The van der Waals surface area contributed by atoms with Gasteiger partial charge in [-0.25, -0.2) is 4.79 Å². The maximum atomic E-state index is 10.9. The van der Waals surface area contributed by atoms with Crippen molar-refractivity contribution in [3.8, 4) is 0 Å². The zero-order valence-electron chi connectivity index (χ0n) is 9.05. The molecule has 1 aromatic heterocycles. The number of carbonyl (C=O) groups is 2. The summed E-state index contributed by atoms with van der Waals surface area (Å²) in [5.74, 6) is -4.11. The van der Waals surface area contributed by atoms with Crippen LogP contribution in [-0.4, -0.2) is 38.5 Å². The molecular weight excluding hydrogens is 246 g/mol. The molecule has 2 atom stereocenters. The first-order valence-electron chi connectivity index (χ1n) is 4.80. The molecule has 8 heteroatoms. The number of hydrogen-bond acceptors (Lipinski definition) is 6. The van der Waals surface area contributed by atoms with Crippen LogP contribution in [0.15, 0.2) is 24.5 Å². The van der Waals surface area contributed by atoms with Crippen LogP contribution >= 0.6 is 0 Å². The second kappa shape index (κ2) is 5.08. The highest BCUT2D eigenvalue weighted by Crippen LogP contribution is 2.11. The lowest BCUT2D eigenvalue weighted by Gasteiger charge is -2.25. The molecule has 0 spiro atoms. The Morgan fingerprint density at radius 3 is 2.56 bits per heavy atom. The van der Waals surface area contributed by atoms with E-state index >= 15 is 0 Å². The van der Waals surface area contributed by atoms with Crippen molar-refractivity contribution in [3.63, 3.8) is 0 Å². The van der Waals surface area contributed by atoms with Gasteiger partial charge in [-0.3, -0.25) is 0 Å². The minimum Gasteiger partial charge on any atom is -0.541 e. The molecule has 4 N–H and O–H groups in total. The van der Waals surface area contributed by atoms with Crippen molar-refractivity contribution >= 4 is 11.9 Å². The summed E-state index contributed by atoms with van der Waals surface area (Å²) >= 11 is 0. The van der Waals surface area contributed by atoms with Crippen molar-refractivity contribution < 1.29 is 39.7 Å². The van der Waals surface area contributed by atoms with E-state index in [0.29, 0.717) is 4.57 Å². The number of aliphatic carboxylic acids is 2. The average Bonchev–Trinajstić information content (AvgIpc) is 2.36. The van der Waals surface area contributed by atoms with Crippen LogP contribution in [-0.2, 0) is 21.9 Å². The van der Waals surface area contributed by atoms with Crippen molar-refractivity contribution in [2.45, 2.75) is 18.4 Å². The van der Waals surface area contributed by atoms with Crippen LogP contribution < -0.4 is 9.67 Å². The lowest BCUT2D eigenvalue weighted by Crippen LogP contribution is -2.72. The molecule has 1 aromatic rings. The number of aliphatic hydroxyl groups excluding tert-OH is 2. The van der Waals surface area contributed by atoms with E-state index in [2.05, 4.69) is 0 Å². The van der Waals surface area contributed by atoms with E-state index in [0.717, 1.165) is 12.4 Å². The van der Waals surface area contributed by atoms with Gasteiger partial charge < -0.3 is 30.3 Å². The van der Waals surface area contributed by atoms with E-state index in [9.17, 15) is 24.9 Å². The van der Waals surface area contributed by atoms with Gasteiger partial charge in [0.2, 0.25) is 0 Å². The van der Waals surface area contributed by atoms with Gasteiger partial charge in [-0.2, -0.15) is 4.57 Å². The number of aliphatic hydroxyl groups is 3. The SMILES string of the molecule is O=C(O)C(O)C(O)(C(=O)[O-])[n+]1cccc(CO)c1. The molecule has 0 fully saturated rings. The van der Waals surface area contributed by atoms with Crippen LogP contribution in [0.5, 0.6) is 0 Å². The van der Waals surface area contributed by atoms with Crippen LogP contribution in [0.25, 0.3) is 0 Å². The molecule has 0 aliphatic heterocycles. The molecule has 18 heavy (non-hydrogen) atoms. The van der Waals surface area contributed by atoms with Crippen LogP contribution in [0.3, 0.4) is 0 Å². The molecule has 8 nitrogen and oxygen atoms in total. The van der Waals surface area contributed by atoms with Crippen LogP contribution in [0, 0.1) is 0 Å². The van der Waals surface area contributed by atoms with Gasteiger partial charge in [0.05, 0.1) is 6.61 Å². The lowest BCUT2D eigenvalue weighted by atomic mass is 10.1. The number of rotatable bonds is 5. The van der Waals surface area contributed by atoms with Crippen molar-refractivity contribution in [1.82, 2.24) is 0 Å². The van der Waals surface area contributed by atoms with Crippen molar-refractivity contribution in [1.29, 1.82) is 0 Å². The number of nitrogens with zero attached hydrogens (tertiary/aromatic N) is 1. The van der Waals surface area contributed by atoms with Crippen LogP contribution in [0.4, 0.5) is 0 Å². The van der Waals surface area contributed by atoms with Gasteiger partial charge >= 0.3 is 11.7 Å². The molecule has 0 aromatic carbocycles. The van der Waals surface area contributed by atoms with Gasteiger partial charge in [0.15, 0.2) is 12.4 Å². The first-order chi connectivity index (χ1) is 8.33. The molecule has 1 heterocycles. The number of carboxylic acids is 2. The number of hydrogen-bond donors (Lipinski definition) is 4. The monoisotopic (exact) mass is 257 g/mol. The fraction of sp³-hybridized carbons (Fsp3) is 0.300. The number of pyridine rings is 1. The van der Waals surface area contributed by atoms with Gasteiger partial charge in [0.1, 0.15) is 5.97 Å². The molecule has 98 valence electrons. The Kier molecular flexibility index (Phi) is 3.96. The quantitative estimate of drug-likeness (QED) is 0.398. The van der Waals surface area contributed by atoms with Crippen LogP contribution in [0.2, 0.25) is 0 Å². The van der Waals surface area contributed by atoms with Crippen molar-refractivity contribution in [3.05, 3.63) is 30.1 Å². The summed E-state index contributed by atoms with van der Waals surface area (Å²) in [7, 11) is 0. The molecule has 0 aliphatic carbocycles. The van der Waals surface area contributed by atoms with Gasteiger partial charge in [0.25, 0.3) is 6.10 Å². The lowest BCUT2D eigenvalue weighted by molar-refractivity contribution is -0.802. The van der Waals surface area contributed by atoms with Gasteiger partial charge in [-0.05, 0) is 6.07 Å². The molecule has 0 aliphatic rings. The highest BCUT2D eigenvalue weighted by Gasteiger charge is 2.51. The van der Waals surface area contributed by atoms with E-state index < -0.39 is 30.4 Å². The normalized spacial score (nSPS) is 15.7. The van der Waals surface area contributed by atoms with E-state index in [1.54, 1.807) is 0 Å². The van der Waals surface area contributed by atoms with Crippen molar-refractivity contribution in [2.24, 2.45) is 0 Å². The third-order valence-electron chi connectivity index (χ3n) is 2.35. The molecule has 0 saturated carbocycles. The predicted octanol–water partition coefficient (Wildman–Crippen LogP) is -3.69. The minimum absolute atomic E-state index is 0.217. The maximum Gasteiger partial charge on any atom is 0.349 e. The van der Waals surface area contributed by atoms with E-state index in [-0.39, 0.29) is 5.56 Å². The fourth-order valence-corrected chi connectivity index (χ4v) is 1.36. The molecule has 0 radical (unpaired) electrons. The Hall–Kier alpha value is -2.03. The third-order valence-corrected chi connectivity index (χ3v) is 2.35. The highest BCUT2D eigenvalue weighted by atomic mass is 16.5. The summed E-state index contributed by atoms with van der Waals surface area (Å²) in [6.45, 7) is -0.451. The van der Waals surface area contributed by atoms with Gasteiger partial charge in [-0.1, -0.05) is 0 Å². The average molecular weight is 257 g/mol. The summed E-state index contributed by atoms with van der Waals surface area (Å²) < 4.78 is 0.548. The number of carboxylic acid groups (broad SMARTS) is 2. The maximum absolute atomic E-state index is 10.9. The molecule has 0 bridgehead atoms. The standard InChI is InChI=1S/C10H11NO7/c12-5-6-2-1-3-11(4-6)10(18,9(16)17)7(13)8(14)15/h1-4,7,12-13,18H,5H2,(H-,14,15,16,17). The minimum atomic E-state index is -3.17. The summed E-state index contributed by atoms with van der Waals surface area (Å²) in [6, 6.07) is 2.69. The summed E-state index contributed by atoms with van der Waals surface area (Å²) in [5.41, 5.74) is -2.95. The molecule has 0 saturated heterocycles. The fourth-order valence-electron chi connectivity index (χ4n) is 1.36. The Labute approximate surface area is 101 Å². The smallest absolute Gasteiger partial charge is 0.349 e. The first kappa shape index (κ1) is 14.0. The van der Waals surface area contributed by atoms with E-state index in [4.69, 9.17) is 10.2 Å².